The molecule has 25 heavy (non-hydrogen) atoms. The summed E-state index contributed by atoms with van der Waals surface area (Å²) in [5, 5.41) is 3.38. The van der Waals surface area contributed by atoms with Crippen molar-refractivity contribution in [2.24, 2.45) is 0 Å². The molecule has 1 heterocycles. The first-order valence-corrected chi connectivity index (χ1v) is 10.5. The average Bonchev–Trinajstić information content (AvgIpc) is 2.89. The maximum Gasteiger partial charge on any atom is 0.232 e. The van der Waals surface area contributed by atoms with Crippen LogP contribution in [0.4, 0.5) is 0 Å². The fourth-order valence-corrected chi connectivity index (χ4v) is 4.81. The van der Waals surface area contributed by atoms with E-state index in [0.29, 0.717) is 31.0 Å². The highest BCUT2D eigenvalue weighted by molar-refractivity contribution is 7.91. The molecule has 1 aromatic rings. The number of nitrogens with zero attached hydrogens (tertiary/aromatic N) is 1. The number of nitrogens with one attached hydrogen (secondary N) is 1. The summed E-state index contributed by atoms with van der Waals surface area (Å²) < 4.78 is 23.2. The molecule has 1 N–H and O–H groups in total. The molecule has 0 aromatic heterocycles. The van der Waals surface area contributed by atoms with Gasteiger partial charge in [0.25, 0.3) is 0 Å². The molecule has 0 saturated carbocycles. The molecular weight excluding hydrogens is 364 g/mol. The maximum atomic E-state index is 12.3. The van der Waals surface area contributed by atoms with Gasteiger partial charge in [-0.1, -0.05) is 23.7 Å². The predicted molar refractivity (Wildman–Crippen MR) is 97.2 cm³/mol. The number of amides is 2. The normalized spacial score (nSPS) is 18.7. The van der Waals surface area contributed by atoms with Gasteiger partial charge in [0.2, 0.25) is 11.8 Å². The van der Waals surface area contributed by atoms with Crippen molar-refractivity contribution in [3.8, 4) is 0 Å². The number of rotatable bonds is 7. The van der Waals surface area contributed by atoms with Gasteiger partial charge in [-0.05, 0) is 37.5 Å². The van der Waals surface area contributed by atoms with Gasteiger partial charge >= 0.3 is 0 Å². The molecule has 0 bridgehead atoms. The van der Waals surface area contributed by atoms with Crippen LogP contribution in [-0.4, -0.2) is 55.8 Å². The zero-order valence-corrected chi connectivity index (χ0v) is 15.8. The van der Waals surface area contributed by atoms with E-state index in [1.807, 2.05) is 12.1 Å². The molecule has 2 rings (SSSR count). The number of benzene rings is 1. The Balaban J connectivity index is 1.78. The van der Waals surface area contributed by atoms with Crippen molar-refractivity contribution in [2.45, 2.75) is 32.2 Å². The SMILES string of the molecule is CCN(C(=O)CC(=O)NCCc1ccc(Cl)cc1)C1CCS(=O)(=O)C1. The van der Waals surface area contributed by atoms with Crippen molar-refractivity contribution in [1.82, 2.24) is 10.2 Å². The number of hydrogen-bond donors (Lipinski definition) is 1. The highest BCUT2D eigenvalue weighted by atomic mass is 35.5. The Morgan fingerprint density at radius 1 is 1.28 bits per heavy atom. The summed E-state index contributed by atoms with van der Waals surface area (Å²) in [7, 11) is -3.06. The molecule has 1 aliphatic rings. The first-order valence-electron chi connectivity index (χ1n) is 8.32. The summed E-state index contributed by atoms with van der Waals surface area (Å²) in [6, 6.07) is 7.04. The van der Waals surface area contributed by atoms with E-state index >= 15 is 0 Å². The summed E-state index contributed by atoms with van der Waals surface area (Å²) in [5.41, 5.74) is 1.04. The topological polar surface area (TPSA) is 83.6 Å². The summed E-state index contributed by atoms with van der Waals surface area (Å²) in [5.74, 6) is -0.577. The van der Waals surface area contributed by atoms with Crippen molar-refractivity contribution in [2.75, 3.05) is 24.6 Å². The van der Waals surface area contributed by atoms with Crippen LogP contribution in [0.1, 0.15) is 25.3 Å². The van der Waals surface area contributed by atoms with Crippen LogP contribution < -0.4 is 5.32 Å². The van der Waals surface area contributed by atoms with Gasteiger partial charge in [0.15, 0.2) is 9.84 Å². The minimum Gasteiger partial charge on any atom is -0.355 e. The van der Waals surface area contributed by atoms with Crippen molar-refractivity contribution in [3.63, 3.8) is 0 Å². The number of sulfone groups is 1. The van der Waals surface area contributed by atoms with Crippen LogP contribution in [0.25, 0.3) is 0 Å². The molecule has 0 radical (unpaired) electrons. The molecule has 1 aliphatic heterocycles. The van der Waals surface area contributed by atoms with Gasteiger partial charge in [-0.2, -0.15) is 0 Å². The Kier molecular flexibility index (Phi) is 6.84. The first kappa shape index (κ1) is 19.7. The van der Waals surface area contributed by atoms with E-state index in [0.717, 1.165) is 5.56 Å². The van der Waals surface area contributed by atoms with Crippen LogP contribution in [0.3, 0.4) is 0 Å². The fourth-order valence-electron chi connectivity index (χ4n) is 2.96. The van der Waals surface area contributed by atoms with E-state index in [-0.39, 0.29) is 35.8 Å². The number of halogens is 1. The Bertz CT molecular complexity index is 719. The minimum atomic E-state index is -3.06. The van der Waals surface area contributed by atoms with Crippen molar-refractivity contribution in [3.05, 3.63) is 34.9 Å². The fraction of sp³-hybridized carbons (Fsp3) is 0.529. The van der Waals surface area contributed by atoms with Gasteiger partial charge in [0.1, 0.15) is 6.42 Å². The summed E-state index contributed by atoms with van der Waals surface area (Å²) in [6.07, 6.45) is 0.834. The average molecular weight is 387 g/mol. The molecule has 1 aromatic carbocycles. The van der Waals surface area contributed by atoms with Crippen LogP contribution in [0.15, 0.2) is 24.3 Å². The standard InChI is InChI=1S/C17H23ClN2O4S/c1-2-20(15-8-10-25(23,24)12-15)17(22)11-16(21)19-9-7-13-3-5-14(18)6-4-13/h3-6,15H,2,7-12H2,1H3,(H,19,21). The van der Waals surface area contributed by atoms with Gasteiger partial charge in [-0.15, -0.1) is 0 Å². The second kappa shape index (κ2) is 8.67. The van der Waals surface area contributed by atoms with Gasteiger partial charge in [0, 0.05) is 24.2 Å². The molecule has 1 fully saturated rings. The smallest absolute Gasteiger partial charge is 0.232 e. The lowest BCUT2D eigenvalue weighted by Gasteiger charge is -2.26. The molecular formula is C17H23ClN2O4S. The summed E-state index contributed by atoms with van der Waals surface area (Å²) >= 11 is 5.82. The summed E-state index contributed by atoms with van der Waals surface area (Å²) in [4.78, 5) is 25.8. The number of carbonyl (C=O) groups excluding carboxylic acids is 2. The van der Waals surface area contributed by atoms with E-state index in [1.165, 1.54) is 4.90 Å². The Morgan fingerprint density at radius 2 is 1.96 bits per heavy atom. The van der Waals surface area contributed by atoms with Crippen LogP contribution in [0.5, 0.6) is 0 Å². The lowest BCUT2D eigenvalue weighted by Crippen LogP contribution is -2.43. The maximum absolute atomic E-state index is 12.3. The van der Waals surface area contributed by atoms with Crippen molar-refractivity contribution >= 4 is 33.3 Å². The van der Waals surface area contributed by atoms with E-state index in [2.05, 4.69) is 5.32 Å². The van der Waals surface area contributed by atoms with E-state index in [1.54, 1.807) is 19.1 Å². The molecule has 6 nitrogen and oxygen atoms in total. The predicted octanol–water partition coefficient (Wildman–Crippen LogP) is 1.42. The van der Waals surface area contributed by atoms with E-state index in [4.69, 9.17) is 11.6 Å². The monoisotopic (exact) mass is 386 g/mol. The first-order chi connectivity index (χ1) is 11.8. The Hall–Kier alpha value is -1.60. The molecule has 1 saturated heterocycles. The Morgan fingerprint density at radius 3 is 2.52 bits per heavy atom. The van der Waals surface area contributed by atoms with Crippen LogP contribution in [0, 0.1) is 0 Å². The van der Waals surface area contributed by atoms with E-state index in [9.17, 15) is 18.0 Å². The molecule has 8 heteroatoms. The second-order valence-corrected chi connectivity index (χ2v) is 8.80. The molecule has 1 unspecified atom stereocenters. The van der Waals surface area contributed by atoms with Crippen LogP contribution in [0.2, 0.25) is 5.02 Å². The minimum absolute atomic E-state index is 0.00916. The van der Waals surface area contributed by atoms with E-state index < -0.39 is 9.84 Å². The van der Waals surface area contributed by atoms with Crippen LogP contribution in [-0.2, 0) is 25.8 Å². The third kappa shape index (κ3) is 6.01. The third-order valence-electron chi connectivity index (χ3n) is 4.27. The largest absolute Gasteiger partial charge is 0.355 e. The van der Waals surface area contributed by atoms with Crippen molar-refractivity contribution in [1.29, 1.82) is 0 Å². The van der Waals surface area contributed by atoms with Gasteiger partial charge in [-0.25, -0.2) is 8.42 Å². The van der Waals surface area contributed by atoms with Gasteiger partial charge in [0.05, 0.1) is 11.5 Å². The lowest BCUT2D eigenvalue weighted by molar-refractivity contribution is -0.137. The highest BCUT2D eigenvalue weighted by Gasteiger charge is 2.34. The molecule has 138 valence electrons. The zero-order valence-electron chi connectivity index (χ0n) is 14.2. The lowest BCUT2D eigenvalue weighted by atomic mass is 10.1. The molecule has 0 aliphatic carbocycles. The number of carbonyl (C=O) groups is 2. The molecule has 2 amide bonds. The highest BCUT2D eigenvalue weighted by Crippen LogP contribution is 2.18. The molecule has 1 atom stereocenters. The zero-order chi connectivity index (χ0) is 18.4. The Labute approximate surface area is 153 Å². The quantitative estimate of drug-likeness (QED) is 0.718. The molecule has 0 spiro atoms. The van der Waals surface area contributed by atoms with Crippen LogP contribution >= 0.6 is 11.6 Å². The second-order valence-electron chi connectivity index (χ2n) is 6.14. The number of hydrogen-bond acceptors (Lipinski definition) is 4. The summed E-state index contributed by atoms with van der Waals surface area (Å²) in [6.45, 7) is 2.62. The third-order valence-corrected chi connectivity index (χ3v) is 6.27. The van der Waals surface area contributed by atoms with Gasteiger partial charge in [-0.3, -0.25) is 9.59 Å². The van der Waals surface area contributed by atoms with Gasteiger partial charge < -0.3 is 10.2 Å². The van der Waals surface area contributed by atoms with Crippen molar-refractivity contribution < 1.29 is 18.0 Å².